The molecular weight excluding hydrogens is 300 g/mol. The summed E-state index contributed by atoms with van der Waals surface area (Å²) in [6.45, 7) is 6.11. The van der Waals surface area contributed by atoms with E-state index in [1.807, 2.05) is 25.1 Å². The standard InChI is InChI=1S/C17H25ClN2O2/c1-3-14-9-13(6-7-22-14)10-19-11-17(21)20-16-5-4-12(2)8-15(16)18/h4-5,8,13-14,19H,3,6-7,9-11H2,1-2H3,(H,20,21). The van der Waals surface area contributed by atoms with Gasteiger partial charge in [-0.3, -0.25) is 4.79 Å². The monoisotopic (exact) mass is 324 g/mol. The molecule has 0 aromatic heterocycles. The molecule has 1 aliphatic rings. The van der Waals surface area contributed by atoms with Crippen molar-refractivity contribution in [2.45, 2.75) is 39.2 Å². The number of anilines is 1. The Balaban J connectivity index is 1.71. The zero-order chi connectivity index (χ0) is 15.9. The van der Waals surface area contributed by atoms with Crippen LogP contribution >= 0.6 is 11.6 Å². The van der Waals surface area contributed by atoms with Crippen LogP contribution in [0.15, 0.2) is 18.2 Å². The molecule has 0 bridgehead atoms. The molecule has 4 nitrogen and oxygen atoms in total. The average molecular weight is 325 g/mol. The van der Waals surface area contributed by atoms with Crippen LogP contribution in [0.3, 0.4) is 0 Å². The maximum atomic E-state index is 12.0. The van der Waals surface area contributed by atoms with Crippen LogP contribution in [0.25, 0.3) is 0 Å². The minimum absolute atomic E-state index is 0.0649. The lowest BCUT2D eigenvalue weighted by Gasteiger charge is -2.29. The van der Waals surface area contributed by atoms with Crippen molar-refractivity contribution in [3.05, 3.63) is 28.8 Å². The van der Waals surface area contributed by atoms with Crippen LogP contribution < -0.4 is 10.6 Å². The summed E-state index contributed by atoms with van der Waals surface area (Å²) < 4.78 is 5.66. The van der Waals surface area contributed by atoms with Crippen LogP contribution in [0.1, 0.15) is 31.7 Å². The van der Waals surface area contributed by atoms with Gasteiger partial charge in [-0.2, -0.15) is 0 Å². The Kier molecular flexibility index (Phi) is 6.68. The SMILES string of the molecule is CCC1CC(CNCC(=O)Nc2ccc(C)cc2Cl)CCO1. The van der Waals surface area contributed by atoms with E-state index in [2.05, 4.69) is 17.6 Å². The molecule has 1 fully saturated rings. The van der Waals surface area contributed by atoms with Crippen LogP contribution in [0.4, 0.5) is 5.69 Å². The first-order valence-electron chi connectivity index (χ1n) is 7.96. The summed E-state index contributed by atoms with van der Waals surface area (Å²) in [4.78, 5) is 12.0. The van der Waals surface area contributed by atoms with Gasteiger partial charge in [0.25, 0.3) is 0 Å². The van der Waals surface area contributed by atoms with Gasteiger partial charge in [-0.1, -0.05) is 24.6 Å². The molecule has 0 aliphatic carbocycles. The Morgan fingerprint density at radius 3 is 3.00 bits per heavy atom. The summed E-state index contributed by atoms with van der Waals surface area (Å²) >= 11 is 6.11. The van der Waals surface area contributed by atoms with E-state index < -0.39 is 0 Å². The van der Waals surface area contributed by atoms with Crippen LogP contribution in [-0.4, -0.2) is 31.7 Å². The molecule has 2 atom stereocenters. The molecule has 0 spiro atoms. The van der Waals surface area contributed by atoms with Gasteiger partial charge < -0.3 is 15.4 Å². The second kappa shape index (κ2) is 8.51. The topological polar surface area (TPSA) is 50.4 Å². The Bertz CT molecular complexity index is 507. The van der Waals surface area contributed by atoms with Gasteiger partial charge >= 0.3 is 0 Å². The summed E-state index contributed by atoms with van der Waals surface area (Å²) in [6.07, 6.45) is 3.58. The zero-order valence-corrected chi connectivity index (χ0v) is 14.1. The fourth-order valence-corrected chi connectivity index (χ4v) is 3.02. The molecule has 1 aliphatic heterocycles. The van der Waals surface area contributed by atoms with Crippen molar-refractivity contribution in [3.63, 3.8) is 0 Å². The van der Waals surface area contributed by atoms with Gasteiger partial charge in [0, 0.05) is 6.61 Å². The first kappa shape index (κ1) is 17.3. The third-order valence-electron chi connectivity index (χ3n) is 4.05. The summed E-state index contributed by atoms with van der Waals surface area (Å²) in [5.74, 6) is 0.527. The quantitative estimate of drug-likeness (QED) is 0.843. The maximum Gasteiger partial charge on any atom is 0.238 e. The van der Waals surface area contributed by atoms with Crippen molar-refractivity contribution < 1.29 is 9.53 Å². The molecule has 1 saturated heterocycles. The highest BCUT2D eigenvalue weighted by Gasteiger charge is 2.21. The first-order valence-corrected chi connectivity index (χ1v) is 8.34. The van der Waals surface area contributed by atoms with Crippen LogP contribution in [-0.2, 0) is 9.53 Å². The third kappa shape index (κ3) is 5.27. The van der Waals surface area contributed by atoms with E-state index in [0.29, 0.717) is 29.3 Å². The molecule has 22 heavy (non-hydrogen) atoms. The van der Waals surface area contributed by atoms with Crippen molar-refractivity contribution >= 4 is 23.2 Å². The molecule has 5 heteroatoms. The van der Waals surface area contributed by atoms with E-state index in [9.17, 15) is 4.79 Å². The Labute approximate surface area is 137 Å². The van der Waals surface area contributed by atoms with Gasteiger partial charge in [-0.15, -0.1) is 0 Å². The predicted molar refractivity (Wildman–Crippen MR) is 90.4 cm³/mol. The smallest absolute Gasteiger partial charge is 0.238 e. The van der Waals surface area contributed by atoms with Crippen molar-refractivity contribution in [1.29, 1.82) is 0 Å². The maximum absolute atomic E-state index is 12.0. The number of aryl methyl sites for hydroxylation is 1. The molecular formula is C17H25ClN2O2. The Hall–Kier alpha value is -1.10. The van der Waals surface area contributed by atoms with E-state index in [1.165, 1.54) is 0 Å². The highest BCUT2D eigenvalue weighted by Crippen LogP contribution is 2.23. The van der Waals surface area contributed by atoms with Crippen molar-refractivity contribution in [3.8, 4) is 0 Å². The molecule has 1 aromatic rings. The molecule has 0 radical (unpaired) electrons. The van der Waals surface area contributed by atoms with Gasteiger partial charge in [-0.25, -0.2) is 0 Å². The van der Waals surface area contributed by atoms with Crippen molar-refractivity contribution in [2.24, 2.45) is 5.92 Å². The van der Waals surface area contributed by atoms with Gasteiger partial charge in [0.2, 0.25) is 5.91 Å². The van der Waals surface area contributed by atoms with E-state index >= 15 is 0 Å². The molecule has 2 N–H and O–H groups in total. The first-order chi connectivity index (χ1) is 10.6. The summed E-state index contributed by atoms with van der Waals surface area (Å²) in [5, 5.41) is 6.65. The molecule has 1 heterocycles. The molecule has 2 rings (SSSR count). The van der Waals surface area contributed by atoms with E-state index in [4.69, 9.17) is 16.3 Å². The summed E-state index contributed by atoms with van der Waals surface area (Å²) in [6, 6.07) is 5.61. The zero-order valence-electron chi connectivity index (χ0n) is 13.3. The van der Waals surface area contributed by atoms with Crippen LogP contribution in [0, 0.1) is 12.8 Å². The molecule has 122 valence electrons. The number of rotatable bonds is 6. The summed E-state index contributed by atoms with van der Waals surface area (Å²) in [5.41, 5.74) is 1.74. The number of carbonyl (C=O) groups excluding carboxylic acids is 1. The normalized spacial score (nSPS) is 21.6. The number of hydrogen-bond acceptors (Lipinski definition) is 3. The predicted octanol–water partition coefficient (Wildman–Crippen LogP) is 3.38. The number of hydrogen-bond donors (Lipinski definition) is 2. The number of halogens is 1. The lowest BCUT2D eigenvalue weighted by molar-refractivity contribution is -0.115. The Morgan fingerprint density at radius 2 is 2.27 bits per heavy atom. The number of carbonyl (C=O) groups is 1. The van der Waals surface area contributed by atoms with Crippen LogP contribution in [0.5, 0.6) is 0 Å². The van der Waals surface area contributed by atoms with Crippen LogP contribution in [0.2, 0.25) is 5.02 Å². The van der Waals surface area contributed by atoms with Gasteiger partial charge in [0.05, 0.1) is 23.4 Å². The lowest BCUT2D eigenvalue weighted by Crippen LogP contribution is -2.35. The van der Waals surface area contributed by atoms with E-state index in [0.717, 1.165) is 38.0 Å². The fraction of sp³-hybridized carbons (Fsp3) is 0.588. The third-order valence-corrected chi connectivity index (χ3v) is 4.36. The highest BCUT2D eigenvalue weighted by atomic mass is 35.5. The highest BCUT2D eigenvalue weighted by molar-refractivity contribution is 6.33. The fourth-order valence-electron chi connectivity index (χ4n) is 2.73. The molecule has 1 aromatic carbocycles. The molecule has 1 amide bonds. The molecule has 0 saturated carbocycles. The van der Waals surface area contributed by atoms with Gasteiger partial charge in [0.15, 0.2) is 0 Å². The van der Waals surface area contributed by atoms with Gasteiger partial charge in [-0.05, 0) is 56.3 Å². The number of benzene rings is 1. The van der Waals surface area contributed by atoms with E-state index in [-0.39, 0.29) is 5.91 Å². The van der Waals surface area contributed by atoms with Crippen molar-refractivity contribution in [2.75, 3.05) is 25.0 Å². The number of amides is 1. The average Bonchev–Trinajstić information content (AvgIpc) is 2.50. The minimum Gasteiger partial charge on any atom is -0.378 e. The minimum atomic E-state index is -0.0649. The second-order valence-corrected chi connectivity index (χ2v) is 6.36. The molecule has 2 unspecified atom stereocenters. The second-order valence-electron chi connectivity index (χ2n) is 5.95. The lowest BCUT2D eigenvalue weighted by atomic mass is 9.94. The van der Waals surface area contributed by atoms with E-state index in [1.54, 1.807) is 0 Å². The number of nitrogens with one attached hydrogen (secondary N) is 2. The summed E-state index contributed by atoms with van der Waals surface area (Å²) in [7, 11) is 0. The Morgan fingerprint density at radius 1 is 1.45 bits per heavy atom. The van der Waals surface area contributed by atoms with Gasteiger partial charge in [0.1, 0.15) is 0 Å². The van der Waals surface area contributed by atoms with Crippen molar-refractivity contribution in [1.82, 2.24) is 5.32 Å². The largest absolute Gasteiger partial charge is 0.378 e. The number of ether oxygens (including phenoxy) is 1.